The largest absolute Gasteiger partial charge is 0.462 e. The number of allylic oxidation sites excluding steroid dienone is 14. The predicted octanol–water partition coefficient (Wildman–Crippen LogP) is 24.6. The van der Waals surface area contributed by atoms with Gasteiger partial charge >= 0.3 is 17.9 Å². The quantitative estimate of drug-likeness (QED) is 0.0261. The molecule has 0 spiro atoms. The molecule has 1 atom stereocenters. The van der Waals surface area contributed by atoms with Gasteiger partial charge in [0, 0.05) is 19.3 Å². The zero-order valence-corrected chi connectivity index (χ0v) is 54.5. The summed E-state index contributed by atoms with van der Waals surface area (Å²) in [6, 6.07) is 0. The molecule has 0 saturated carbocycles. The lowest BCUT2D eigenvalue weighted by Gasteiger charge is -2.18. The third kappa shape index (κ3) is 67.4. The van der Waals surface area contributed by atoms with Gasteiger partial charge in [-0.1, -0.05) is 311 Å². The first kappa shape index (κ1) is 78.6. The summed E-state index contributed by atoms with van der Waals surface area (Å²) in [4.78, 5) is 38.4. The third-order valence-electron chi connectivity index (χ3n) is 15.6. The van der Waals surface area contributed by atoms with Crippen molar-refractivity contribution in [3.05, 3.63) is 85.1 Å². The van der Waals surface area contributed by atoms with Crippen LogP contribution in [0.3, 0.4) is 0 Å². The number of carbonyl (C=O) groups is 3. The smallest absolute Gasteiger partial charge is 0.306 e. The Morgan fingerprint density at radius 1 is 0.256 bits per heavy atom. The van der Waals surface area contributed by atoms with Crippen LogP contribution in [-0.4, -0.2) is 37.2 Å². The van der Waals surface area contributed by atoms with Crippen molar-refractivity contribution < 1.29 is 28.6 Å². The Bertz CT molecular complexity index is 1550. The van der Waals surface area contributed by atoms with Crippen molar-refractivity contribution in [2.24, 2.45) is 0 Å². The number of hydrogen-bond donors (Lipinski definition) is 0. The summed E-state index contributed by atoms with van der Waals surface area (Å²) in [6.45, 7) is 6.52. The standard InChI is InChI=1S/C76H134O6/c1-4-7-10-13-16-19-22-25-28-31-32-33-34-35-36-37-38-39-40-41-42-43-44-46-48-51-54-57-60-63-66-69-75(78)81-72-73(71-80-74(77)68-65-62-59-56-53-50-47-30-27-24-21-18-15-12-9-6-3)82-76(79)70-67-64-61-58-55-52-49-45-29-26-23-20-17-14-11-8-5-2/h8,11,17,20-21,24,26,29-32,47,49,52,73H,4-7,9-10,12-16,18-19,22-23,25,27-28,33-46,48,50-51,53-72H2,1-3H3/b11-8-,20-17-,24-21-,29-26-,32-31-,47-30-,52-49-. The Hall–Kier alpha value is -3.41. The van der Waals surface area contributed by atoms with Crippen LogP contribution in [0.4, 0.5) is 0 Å². The molecule has 0 saturated heterocycles. The van der Waals surface area contributed by atoms with Crippen LogP contribution in [0.1, 0.15) is 361 Å². The number of hydrogen-bond acceptors (Lipinski definition) is 6. The summed E-state index contributed by atoms with van der Waals surface area (Å²) in [5, 5.41) is 0. The molecular formula is C76H134O6. The fourth-order valence-electron chi connectivity index (χ4n) is 10.3. The molecule has 0 aliphatic rings. The van der Waals surface area contributed by atoms with Crippen LogP contribution in [0.15, 0.2) is 85.1 Å². The van der Waals surface area contributed by atoms with Crippen molar-refractivity contribution in [2.75, 3.05) is 13.2 Å². The highest BCUT2D eigenvalue weighted by Gasteiger charge is 2.19. The zero-order valence-electron chi connectivity index (χ0n) is 54.5. The number of carbonyl (C=O) groups excluding carboxylic acids is 3. The summed E-state index contributed by atoms with van der Waals surface area (Å²) in [5.74, 6) is -0.911. The highest BCUT2D eigenvalue weighted by atomic mass is 16.6. The Morgan fingerprint density at radius 3 is 0.768 bits per heavy atom. The van der Waals surface area contributed by atoms with Crippen LogP contribution in [0, 0.1) is 0 Å². The van der Waals surface area contributed by atoms with Crippen LogP contribution in [0.2, 0.25) is 0 Å². The van der Waals surface area contributed by atoms with E-state index in [-0.39, 0.29) is 31.1 Å². The lowest BCUT2D eigenvalue weighted by atomic mass is 10.0. The number of unbranched alkanes of at least 4 members (excludes halogenated alkanes) is 40. The van der Waals surface area contributed by atoms with Gasteiger partial charge in [-0.2, -0.15) is 0 Å². The molecule has 82 heavy (non-hydrogen) atoms. The van der Waals surface area contributed by atoms with E-state index in [1.54, 1.807) is 0 Å². The molecule has 0 aliphatic heterocycles. The Labute approximate surface area is 509 Å². The molecule has 0 fully saturated rings. The molecular weight excluding hydrogens is 1010 g/mol. The van der Waals surface area contributed by atoms with E-state index in [1.165, 1.54) is 205 Å². The topological polar surface area (TPSA) is 78.9 Å². The zero-order chi connectivity index (χ0) is 59.2. The minimum atomic E-state index is -0.797. The van der Waals surface area contributed by atoms with E-state index >= 15 is 0 Å². The molecule has 0 rings (SSSR count). The van der Waals surface area contributed by atoms with E-state index in [1.807, 2.05) is 0 Å². The van der Waals surface area contributed by atoms with Gasteiger partial charge in [0.05, 0.1) is 0 Å². The van der Waals surface area contributed by atoms with Gasteiger partial charge in [-0.05, 0) is 116 Å². The minimum Gasteiger partial charge on any atom is -0.462 e. The second-order valence-corrected chi connectivity index (χ2v) is 23.8. The third-order valence-corrected chi connectivity index (χ3v) is 15.6. The van der Waals surface area contributed by atoms with Crippen molar-refractivity contribution in [1.82, 2.24) is 0 Å². The molecule has 0 aromatic rings. The van der Waals surface area contributed by atoms with Gasteiger partial charge in [-0.25, -0.2) is 0 Å². The Morgan fingerprint density at radius 2 is 0.476 bits per heavy atom. The maximum absolute atomic E-state index is 12.9. The maximum Gasteiger partial charge on any atom is 0.306 e. The fraction of sp³-hybridized carbons (Fsp3) is 0.776. The normalized spacial score (nSPS) is 12.6. The number of esters is 3. The fourth-order valence-corrected chi connectivity index (χ4v) is 10.3. The molecule has 0 amide bonds. The van der Waals surface area contributed by atoms with Gasteiger partial charge in [-0.15, -0.1) is 0 Å². The molecule has 1 unspecified atom stereocenters. The van der Waals surface area contributed by atoms with Gasteiger partial charge < -0.3 is 14.2 Å². The first-order valence-electron chi connectivity index (χ1n) is 35.6. The van der Waals surface area contributed by atoms with Crippen LogP contribution >= 0.6 is 0 Å². The van der Waals surface area contributed by atoms with Crippen molar-refractivity contribution in [1.29, 1.82) is 0 Å². The molecule has 0 heterocycles. The van der Waals surface area contributed by atoms with Crippen molar-refractivity contribution >= 4 is 17.9 Å². The molecule has 474 valence electrons. The number of ether oxygens (including phenoxy) is 3. The van der Waals surface area contributed by atoms with E-state index in [9.17, 15) is 14.4 Å². The predicted molar refractivity (Wildman–Crippen MR) is 358 cm³/mol. The summed E-state index contributed by atoms with van der Waals surface area (Å²) in [5.41, 5.74) is 0. The van der Waals surface area contributed by atoms with E-state index in [4.69, 9.17) is 14.2 Å². The Balaban J connectivity index is 4.24. The highest BCUT2D eigenvalue weighted by molar-refractivity contribution is 5.71. The molecule has 0 N–H and O–H groups in total. The average molecular weight is 1140 g/mol. The summed E-state index contributed by atoms with van der Waals surface area (Å²) >= 11 is 0. The van der Waals surface area contributed by atoms with Crippen molar-refractivity contribution in [3.8, 4) is 0 Å². The molecule has 6 heteroatoms. The van der Waals surface area contributed by atoms with Crippen LogP contribution in [0.25, 0.3) is 0 Å². The van der Waals surface area contributed by atoms with Crippen LogP contribution < -0.4 is 0 Å². The SMILES string of the molecule is CC/C=C\C/C=C\C/C=C\C/C=C\CCCCCCC(=O)OC(COC(=O)CCCCCCC/C=C\C/C=C\CCCCCC)COC(=O)CCCCCCCCCCCCCCCCCCCCC/C=C\CCCCCCCCCC. The van der Waals surface area contributed by atoms with Crippen molar-refractivity contribution in [3.63, 3.8) is 0 Å². The monoisotopic (exact) mass is 1140 g/mol. The van der Waals surface area contributed by atoms with Crippen LogP contribution in [-0.2, 0) is 28.6 Å². The molecule has 0 aliphatic carbocycles. The average Bonchev–Trinajstić information content (AvgIpc) is 3.47. The van der Waals surface area contributed by atoms with Crippen LogP contribution in [0.5, 0.6) is 0 Å². The first-order chi connectivity index (χ1) is 40.5. The Kier molecular flexibility index (Phi) is 67.2. The first-order valence-corrected chi connectivity index (χ1v) is 35.6. The van der Waals surface area contributed by atoms with E-state index < -0.39 is 6.10 Å². The van der Waals surface area contributed by atoms with Crippen molar-refractivity contribution in [2.45, 2.75) is 367 Å². The van der Waals surface area contributed by atoms with E-state index in [0.29, 0.717) is 19.3 Å². The highest BCUT2D eigenvalue weighted by Crippen LogP contribution is 2.17. The lowest BCUT2D eigenvalue weighted by molar-refractivity contribution is -0.167. The molecule has 0 bridgehead atoms. The van der Waals surface area contributed by atoms with E-state index in [0.717, 1.165) is 116 Å². The summed E-state index contributed by atoms with van der Waals surface area (Å²) < 4.78 is 16.9. The summed E-state index contributed by atoms with van der Waals surface area (Å²) in [7, 11) is 0. The maximum atomic E-state index is 12.9. The lowest BCUT2D eigenvalue weighted by Crippen LogP contribution is -2.30. The number of rotatable bonds is 65. The second kappa shape index (κ2) is 70.1. The van der Waals surface area contributed by atoms with Gasteiger partial charge in [0.15, 0.2) is 6.10 Å². The van der Waals surface area contributed by atoms with Gasteiger partial charge in [-0.3, -0.25) is 14.4 Å². The van der Waals surface area contributed by atoms with E-state index in [2.05, 4.69) is 106 Å². The molecule has 0 aromatic carbocycles. The molecule has 6 nitrogen and oxygen atoms in total. The molecule has 0 aromatic heterocycles. The molecule has 0 radical (unpaired) electrons. The van der Waals surface area contributed by atoms with Gasteiger partial charge in [0.25, 0.3) is 0 Å². The van der Waals surface area contributed by atoms with Gasteiger partial charge in [0.1, 0.15) is 13.2 Å². The minimum absolute atomic E-state index is 0.0887. The van der Waals surface area contributed by atoms with Gasteiger partial charge in [0.2, 0.25) is 0 Å². The second-order valence-electron chi connectivity index (χ2n) is 23.8. The summed E-state index contributed by atoms with van der Waals surface area (Å²) in [6.07, 6.45) is 93.4.